The van der Waals surface area contributed by atoms with E-state index in [0.29, 0.717) is 25.9 Å². The van der Waals surface area contributed by atoms with Gasteiger partial charge in [-0.15, -0.1) is 0 Å². The molecule has 0 spiro atoms. The maximum absolute atomic E-state index is 11.4. The fourth-order valence-electron chi connectivity index (χ4n) is 2.12. The summed E-state index contributed by atoms with van der Waals surface area (Å²) in [6.45, 7) is 4.33. The summed E-state index contributed by atoms with van der Waals surface area (Å²) in [5, 5.41) is 12.1. The molecule has 1 heterocycles. The Hall–Kier alpha value is -1.43. The highest BCUT2D eigenvalue weighted by Crippen LogP contribution is 2.16. The molecule has 0 aromatic carbocycles. The van der Waals surface area contributed by atoms with Gasteiger partial charge in [-0.3, -0.25) is 19.3 Å². The predicted molar refractivity (Wildman–Crippen MR) is 64.9 cm³/mol. The normalized spacial score (nSPS) is 19.1. The van der Waals surface area contributed by atoms with Gasteiger partial charge in [0.15, 0.2) is 0 Å². The van der Waals surface area contributed by atoms with Crippen LogP contribution < -0.4 is 5.32 Å². The van der Waals surface area contributed by atoms with E-state index in [1.54, 1.807) is 6.92 Å². The first-order valence-corrected chi connectivity index (χ1v) is 6.22. The van der Waals surface area contributed by atoms with Crippen molar-refractivity contribution >= 4 is 17.8 Å². The van der Waals surface area contributed by atoms with Crippen molar-refractivity contribution in [3.63, 3.8) is 0 Å². The quantitative estimate of drug-likeness (QED) is 0.643. The lowest BCUT2D eigenvalue weighted by molar-refractivity contribution is -0.144. The van der Waals surface area contributed by atoms with Crippen molar-refractivity contribution < 1.29 is 19.5 Å². The Labute approximate surface area is 106 Å². The molecule has 6 nitrogen and oxygen atoms in total. The van der Waals surface area contributed by atoms with E-state index in [2.05, 4.69) is 5.32 Å². The van der Waals surface area contributed by atoms with E-state index in [0.717, 1.165) is 0 Å². The van der Waals surface area contributed by atoms with Crippen molar-refractivity contribution in [2.45, 2.75) is 45.1 Å². The lowest BCUT2D eigenvalue weighted by atomic mass is 9.95. The molecule has 0 radical (unpaired) electrons. The lowest BCUT2D eigenvalue weighted by Gasteiger charge is -2.26. The third-order valence-electron chi connectivity index (χ3n) is 3.25. The van der Waals surface area contributed by atoms with Crippen LogP contribution in [0.15, 0.2) is 0 Å². The number of hydrogen-bond donors (Lipinski definition) is 2. The molecule has 1 aliphatic heterocycles. The zero-order chi connectivity index (χ0) is 13.8. The van der Waals surface area contributed by atoms with Crippen LogP contribution in [-0.2, 0) is 14.4 Å². The number of nitrogens with zero attached hydrogens (tertiary/aromatic N) is 1. The summed E-state index contributed by atoms with van der Waals surface area (Å²) in [5.74, 6) is -1.22. The van der Waals surface area contributed by atoms with Gasteiger partial charge in [0.25, 0.3) is 0 Å². The Kier molecular flexibility index (Phi) is 4.84. The van der Waals surface area contributed by atoms with Crippen LogP contribution in [0.25, 0.3) is 0 Å². The maximum Gasteiger partial charge on any atom is 0.323 e. The van der Waals surface area contributed by atoms with Crippen LogP contribution in [-0.4, -0.2) is 46.4 Å². The summed E-state index contributed by atoms with van der Waals surface area (Å²) >= 11 is 0. The van der Waals surface area contributed by atoms with Crippen molar-refractivity contribution in [1.82, 2.24) is 10.2 Å². The predicted octanol–water partition coefficient (Wildman–Crippen LogP) is 0.368. The molecule has 1 rings (SSSR count). The molecule has 1 unspecified atom stereocenters. The Bertz CT molecular complexity index is 340. The molecule has 0 aliphatic carbocycles. The molecule has 1 atom stereocenters. The molecule has 0 saturated carbocycles. The number of aliphatic carboxylic acids is 1. The Morgan fingerprint density at radius 1 is 1.39 bits per heavy atom. The van der Waals surface area contributed by atoms with E-state index in [-0.39, 0.29) is 24.7 Å². The highest BCUT2D eigenvalue weighted by molar-refractivity contribution is 6.01. The summed E-state index contributed by atoms with van der Waals surface area (Å²) in [6.07, 6.45) is 1.44. The first-order chi connectivity index (χ1) is 8.40. The van der Waals surface area contributed by atoms with Gasteiger partial charge in [-0.25, -0.2) is 0 Å². The fourth-order valence-corrected chi connectivity index (χ4v) is 2.12. The van der Waals surface area contributed by atoms with Gasteiger partial charge in [0.2, 0.25) is 11.8 Å². The van der Waals surface area contributed by atoms with Gasteiger partial charge in [0.1, 0.15) is 5.54 Å². The molecule has 18 heavy (non-hydrogen) atoms. The van der Waals surface area contributed by atoms with E-state index in [4.69, 9.17) is 5.11 Å². The lowest BCUT2D eigenvalue weighted by Crippen LogP contribution is -2.49. The monoisotopic (exact) mass is 256 g/mol. The van der Waals surface area contributed by atoms with Crippen LogP contribution in [0.2, 0.25) is 0 Å². The van der Waals surface area contributed by atoms with E-state index >= 15 is 0 Å². The molecular formula is C12H20N2O4. The van der Waals surface area contributed by atoms with E-state index in [1.165, 1.54) is 4.90 Å². The maximum atomic E-state index is 11.4. The molecule has 6 heteroatoms. The molecule has 1 fully saturated rings. The average Bonchev–Trinajstić information content (AvgIpc) is 2.60. The number of rotatable bonds is 7. The summed E-state index contributed by atoms with van der Waals surface area (Å²) < 4.78 is 0. The van der Waals surface area contributed by atoms with Gasteiger partial charge in [0.05, 0.1) is 0 Å². The minimum absolute atomic E-state index is 0.152. The number of likely N-dealkylation sites (tertiary alicyclic amines) is 1. The van der Waals surface area contributed by atoms with Gasteiger partial charge in [-0.05, 0) is 26.3 Å². The van der Waals surface area contributed by atoms with Crippen molar-refractivity contribution in [3.05, 3.63) is 0 Å². The van der Waals surface area contributed by atoms with Crippen molar-refractivity contribution in [1.29, 1.82) is 0 Å². The summed E-state index contributed by atoms with van der Waals surface area (Å²) in [4.78, 5) is 35.1. The molecule has 0 bridgehead atoms. The van der Waals surface area contributed by atoms with Gasteiger partial charge >= 0.3 is 5.97 Å². The van der Waals surface area contributed by atoms with Crippen molar-refractivity contribution in [2.75, 3.05) is 13.1 Å². The molecule has 1 aliphatic rings. The number of hydrogen-bond acceptors (Lipinski definition) is 4. The molecular weight excluding hydrogens is 236 g/mol. The van der Waals surface area contributed by atoms with Crippen LogP contribution >= 0.6 is 0 Å². The first-order valence-electron chi connectivity index (χ1n) is 6.22. The Morgan fingerprint density at radius 3 is 2.39 bits per heavy atom. The summed E-state index contributed by atoms with van der Waals surface area (Å²) in [5.41, 5.74) is -0.999. The second kappa shape index (κ2) is 5.95. The molecule has 0 aromatic rings. The van der Waals surface area contributed by atoms with Crippen LogP contribution in [0.4, 0.5) is 0 Å². The SMILES string of the molecule is CCNC(C)(CCCN1C(=O)CCC1=O)C(=O)O. The Morgan fingerprint density at radius 2 is 1.94 bits per heavy atom. The van der Waals surface area contributed by atoms with Crippen LogP contribution in [0.3, 0.4) is 0 Å². The smallest absolute Gasteiger partial charge is 0.323 e. The second-order valence-corrected chi connectivity index (χ2v) is 4.71. The van der Waals surface area contributed by atoms with Gasteiger partial charge in [-0.1, -0.05) is 6.92 Å². The second-order valence-electron chi connectivity index (χ2n) is 4.71. The van der Waals surface area contributed by atoms with E-state index in [9.17, 15) is 14.4 Å². The number of carboxylic acid groups (broad SMARTS) is 1. The fraction of sp³-hybridized carbons (Fsp3) is 0.750. The highest BCUT2D eigenvalue weighted by atomic mass is 16.4. The van der Waals surface area contributed by atoms with E-state index < -0.39 is 11.5 Å². The number of carbonyl (C=O) groups excluding carboxylic acids is 2. The minimum atomic E-state index is -0.999. The molecule has 102 valence electrons. The number of nitrogens with one attached hydrogen (secondary N) is 1. The number of likely N-dealkylation sites (N-methyl/N-ethyl adjacent to an activating group) is 1. The molecule has 1 saturated heterocycles. The zero-order valence-electron chi connectivity index (χ0n) is 10.9. The van der Waals surface area contributed by atoms with E-state index in [1.807, 2.05) is 6.92 Å². The summed E-state index contributed by atoms with van der Waals surface area (Å²) in [7, 11) is 0. The van der Waals surface area contributed by atoms with Crippen LogP contribution in [0, 0.1) is 0 Å². The molecule has 0 aromatic heterocycles. The number of carboxylic acids is 1. The topological polar surface area (TPSA) is 86.7 Å². The van der Waals surface area contributed by atoms with Gasteiger partial charge in [-0.2, -0.15) is 0 Å². The average molecular weight is 256 g/mol. The third-order valence-corrected chi connectivity index (χ3v) is 3.25. The Balaban J connectivity index is 2.46. The zero-order valence-corrected chi connectivity index (χ0v) is 10.9. The number of amides is 2. The number of imide groups is 1. The standard InChI is InChI=1S/C12H20N2O4/c1-3-13-12(2,11(17)18)7-4-8-14-9(15)5-6-10(14)16/h13H,3-8H2,1-2H3,(H,17,18). The van der Waals surface area contributed by atoms with Crippen LogP contribution in [0.5, 0.6) is 0 Å². The summed E-state index contributed by atoms with van der Waals surface area (Å²) in [6, 6.07) is 0. The molecule has 2 N–H and O–H groups in total. The highest BCUT2D eigenvalue weighted by Gasteiger charge is 2.33. The minimum Gasteiger partial charge on any atom is -0.480 e. The first kappa shape index (κ1) is 14.6. The van der Waals surface area contributed by atoms with Gasteiger partial charge < -0.3 is 10.4 Å². The van der Waals surface area contributed by atoms with Crippen LogP contribution in [0.1, 0.15) is 39.5 Å². The van der Waals surface area contributed by atoms with Gasteiger partial charge in [0, 0.05) is 19.4 Å². The van der Waals surface area contributed by atoms with Crippen molar-refractivity contribution in [2.24, 2.45) is 0 Å². The van der Waals surface area contributed by atoms with Crippen molar-refractivity contribution in [3.8, 4) is 0 Å². The third kappa shape index (κ3) is 3.29. The molecule has 2 amide bonds. The number of carbonyl (C=O) groups is 3. The largest absolute Gasteiger partial charge is 0.480 e.